The first-order valence-corrected chi connectivity index (χ1v) is 8.73. The second kappa shape index (κ2) is 10.7. The topological polar surface area (TPSA) is 6.48 Å². The van der Waals surface area contributed by atoms with Crippen LogP contribution in [0.15, 0.2) is 24.3 Å². The molecule has 0 N–H and O–H groups in total. The summed E-state index contributed by atoms with van der Waals surface area (Å²) in [5.74, 6) is 0. The second-order valence-electron chi connectivity index (χ2n) is 5.99. The van der Waals surface area contributed by atoms with Crippen LogP contribution in [0.25, 0.3) is 0 Å². The van der Waals surface area contributed by atoms with Gasteiger partial charge in [-0.2, -0.15) is 0 Å². The number of rotatable bonds is 11. The van der Waals surface area contributed by atoms with Gasteiger partial charge in [0.1, 0.15) is 0 Å². The molecule has 0 aliphatic heterocycles. The zero-order valence-electron chi connectivity index (χ0n) is 14.6. The van der Waals surface area contributed by atoms with Crippen molar-refractivity contribution < 1.29 is 0 Å². The highest BCUT2D eigenvalue weighted by Gasteiger charge is 2.03. The van der Waals surface area contributed by atoms with E-state index in [1.807, 2.05) is 0 Å². The fourth-order valence-corrected chi connectivity index (χ4v) is 2.78. The molecule has 2 heteroatoms. The van der Waals surface area contributed by atoms with E-state index >= 15 is 0 Å². The van der Waals surface area contributed by atoms with Crippen molar-refractivity contribution in [1.29, 1.82) is 0 Å². The van der Waals surface area contributed by atoms with Gasteiger partial charge >= 0.3 is 0 Å². The van der Waals surface area contributed by atoms with E-state index in [2.05, 4.69) is 61.9 Å². The first-order chi connectivity index (χ1) is 10.2. The highest BCUT2D eigenvalue weighted by molar-refractivity contribution is 5.47. The van der Waals surface area contributed by atoms with Gasteiger partial charge in [0.25, 0.3) is 0 Å². The average molecular weight is 290 g/mol. The first-order valence-electron chi connectivity index (χ1n) is 8.73. The molecule has 0 spiro atoms. The van der Waals surface area contributed by atoms with Crippen molar-refractivity contribution in [2.24, 2.45) is 0 Å². The molecule has 0 saturated heterocycles. The first kappa shape index (κ1) is 18.0. The van der Waals surface area contributed by atoms with Crippen LogP contribution in [0.3, 0.4) is 0 Å². The number of nitrogens with zero attached hydrogens (tertiary/aromatic N) is 2. The van der Waals surface area contributed by atoms with Crippen molar-refractivity contribution in [1.82, 2.24) is 4.90 Å². The van der Waals surface area contributed by atoms with Gasteiger partial charge in [-0.15, -0.1) is 0 Å². The normalized spacial score (nSPS) is 11.1. The lowest BCUT2D eigenvalue weighted by atomic mass is 10.1. The van der Waals surface area contributed by atoms with Gasteiger partial charge in [0, 0.05) is 25.3 Å². The maximum Gasteiger partial charge on any atom is 0.0366 e. The van der Waals surface area contributed by atoms with Crippen LogP contribution in [0.5, 0.6) is 0 Å². The lowest BCUT2D eigenvalue weighted by Gasteiger charge is -2.22. The standard InChI is InChI=1S/C19H34N2/c1-5-8-9-10-11-16-20(4)17-18-12-14-19(15-13-18)21(6-2)7-3/h12-15H,5-11,16-17H2,1-4H3. The van der Waals surface area contributed by atoms with Crippen molar-refractivity contribution in [3.8, 4) is 0 Å². The Balaban J connectivity index is 2.34. The van der Waals surface area contributed by atoms with Crippen LogP contribution in [0, 0.1) is 0 Å². The van der Waals surface area contributed by atoms with Gasteiger partial charge in [-0.3, -0.25) is 0 Å². The largest absolute Gasteiger partial charge is 0.372 e. The molecule has 0 saturated carbocycles. The van der Waals surface area contributed by atoms with Crippen LogP contribution in [0.2, 0.25) is 0 Å². The van der Waals surface area contributed by atoms with Gasteiger partial charge in [0.2, 0.25) is 0 Å². The quantitative estimate of drug-likeness (QED) is 0.533. The molecule has 2 nitrogen and oxygen atoms in total. The fourth-order valence-electron chi connectivity index (χ4n) is 2.78. The molecule has 21 heavy (non-hydrogen) atoms. The van der Waals surface area contributed by atoms with E-state index in [1.165, 1.54) is 49.9 Å². The van der Waals surface area contributed by atoms with Crippen LogP contribution in [0.1, 0.15) is 58.4 Å². The van der Waals surface area contributed by atoms with Gasteiger partial charge < -0.3 is 9.80 Å². The van der Waals surface area contributed by atoms with Crippen molar-refractivity contribution in [3.63, 3.8) is 0 Å². The highest BCUT2D eigenvalue weighted by Crippen LogP contribution is 2.16. The molecule has 0 unspecified atom stereocenters. The summed E-state index contributed by atoms with van der Waals surface area (Å²) in [6, 6.07) is 9.08. The molecule has 120 valence electrons. The monoisotopic (exact) mass is 290 g/mol. The lowest BCUT2D eigenvalue weighted by molar-refractivity contribution is 0.316. The van der Waals surface area contributed by atoms with E-state index in [4.69, 9.17) is 0 Å². The SMILES string of the molecule is CCCCCCCN(C)Cc1ccc(N(CC)CC)cc1. The summed E-state index contributed by atoms with van der Waals surface area (Å²) < 4.78 is 0. The van der Waals surface area contributed by atoms with Crippen molar-refractivity contribution in [2.75, 3.05) is 31.6 Å². The lowest BCUT2D eigenvalue weighted by Crippen LogP contribution is -2.22. The molecule has 1 aromatic rings. The number of anilines is 1. The third-order valence-electron chi connectivity index (χ3n) is 4.16. The molecule has 0 aliphatic carbocycles. The number of unbranched alkanes of at least 4 members (excludes halogenated alkanes) is 4. The predicted molar refractivity (Wildman–Crippen MR) is 95.1 cm³/mol. The number of hydrogen-bond acceptors (Lipinski definition) is 2. The Hall–Kier alpha value is -1.02. The Labute approximate surface area is 132 Å². The summed E-state index contributed by atoms with van der Waals surface area (Å²) in [4.78, 5) is 4.83. The third kappa shape index (κ3) is 6.99. The average Bonchev–Trinajstić information content (AvgIpc) is 2.50. The summed E-state index contributed by atoms with van der Waals surface area (Å²) in [6.07, 6.45) is 6.81. The molecule has 0 radical (unpaired) electrons. The second-order valence-corrected chi connectivity index (χ2v) is 5.99. The molecule has 0 amide bonds. The smallest absolute Gasteiger partial charge is 0.0366 e. The molecule has 0 bridgehead atoms. The molecule has 0 atom stereocenters. The van der Waals surface area contributed by atoms with Gasteiger partial charge in [-0.1, -0.05) is 44.7 Å². The minimum absolute atomic E-state index is 1.06. The van der Waals surface area contributed by atoms with Crippen LogP contribution in [-0.2, 0) is 6.54 Å². The van der Waals surface area contributed by atoms with Crippen LogP contribution in [0.4, 0.5) is 5.69 Å². The van der Waals surface area contributed by atoms with Crippen LogP contribution < -0.4 is 4.90 Å². The third-order valence-corrected chi connectivity index (χ3v) is 4.16. The Bertz CT molecular complexity index is 354. The number of benzene rings is 1. The fraction of sp³-hybridized carbons (Fsp3) is 0.684. The molecule has 0 fully saturated rings. The molecule has 0 aliphatic rings. The van der Waals surface area contributed by atoms with E-state index < -0.39 is 0 Å². The van der Waals surface area contributed by atoms with Gasteiger partial charge in [-0.05, 0) is 51.6 Å². The Morgan fingerprint density at radius 3 is 2.00 bits per heavy atom. The zero-order chi connectivity index (χ0) is 15.5. The molecule has 0 heterocycles. The van der Waals surface area contributed by atoms with Crippen molar-refractivity contribution in [3.05, 3.63) is 29.8 Å². The molecule has 1 rings (SSSR count). The molecular formula is C19H34N2. The van der Waals surface area contributed by atoms with Gasteiger partial charge in [0.15, 0.2) is 0 Å². The van der Waals surface area contributed by atoms with Crippen LogP contribution >= 0.6 is 0 Å². The summed E-state index contributed by atoms with van der Waals surface area (Å²) in [5.41, 5.74) is 2.76. The Kier molecular flexibility index (Phi) is 9.16. The zero-order valence-corrected chi connectivity index (χ0v) is 14.6. The van der Waals surface area contributed by atoms with E-state index in [0.29, 0.717) is 0 Å². The van der Waals surface area contributed by atoms with E-state index in [1.54, 1.807) is 0 Å². The maximum absolute atomic E-state index is 2.44. The minimum atomic E-state index is 1.06. The number of hydrogen-bond donors (Lipinski definition) is 0. The molecular weight excluding hydrogens is 256 g/mol. The summed E-state index contributed by atoms with van der Waals surface area (Å²) in [6.45, 7) is 11.1. The molecule has 1 aromatic carbocycles. The van der Waals surface area contributed by atoms with Crippen molar-refractivity contribution in [2.45, 2.75) is 59.4 Å². The van der Waals surface area contributed by atoms with E-state index in [0.717, 1.165) is 19.6 Å². The Morgan fingerprint density at radius 2 is 1.43 bits per heavy atom. The summed E-state index contributed by atoms with van der Waals surface area (Å²) in [5, 5.41) is 0. The minimum Gasteiger partial charge on any atom is -0.372 e. The Morgan fingerprint density at radius 1 is 0.810 bits per heavy atom. The highest BCUT2D eigenvalue weighted by atomic mass is 15.1. The van der Waals surface area contributed by atoms with Crippen LogP contribution in [-0.4, -0.2) is 31.6 Å². The van der Waals surface area contributed by atoms with Crippen molar-refractivity contribution >= 4 is 5.69 Å². The van der Waals surface area contributed by atoms with E-state index in [9.17, 15) is 0 Å². The molecule has 0 aromatic heterocycles. The summed E-state index contributed by atoms with van der Waals surface area (Å²) in [7, 11) is 2.23. The van der Waals surface area contributed by atoms with Gasteiger partial charge in [0.05, 0.1) is 0 Å². The maximum atomic E-state index is 2.44. The predicted octanol–water partition coefficient (Wildman–Crippen LogP) is 4.94. The van der Waals surface area contributed by atoms with E-state index in [-0.39, 0.29) is 0 Å². The summed E-state index contributed by atoms with van der Waals surface area (Å²) >= 11 is 0. The van der Waals surface area contributed by atoms with Gasteiger partial charge in [-0.25, -0.2) is 0 Å².